The van der Waals surface area contributed by atoms with Gasteiger partial charge in [0.1, 0.15) is 5.75 Å². The molecule has 1 heterocycles. The van der Waals surface area contributed by atoms with Crippen LogP contribution in [0.2, 0.25) is 0 Å². The van der Waals surface area contributed by atoms with Gasteiger partial charge < -0.3 is 19.9 Å². The van der Waals surface area contributed by atoms with Gasteiger partial charge in [-0.3, -0.25) is 9.59 Å². The summed E-state index contributed by atoms with van der Waals surface area (Å²) >= 11 is 1.27. The van der Waals surface area contributed by atoms with Gasteiger partial charge in [0.2, 0.25) is 5.91 Å². The lowest BCUT2D eigenvalue weighted by atomic mass is 10.2. The van der Waals surface area contributed by atoms with Gasteiger partial charge in [-0.25, -0.2) is 0 Å². The molecule has 0 radical (unpaired) electrons. The molecule has 156 valence electrons. The van der Waals surface area contributed by atoms with E-state index in [-0.39, 0.29) is 23.6 Å². The smallest absolute Gasteiger partial charge is 0.251 e. The molecule has 8 nitrogen and oxygen atoms in total. The SMILES string of the molecule is COc1cccc(NC(=O)CSc2nnc([C@@H](C)NC(=O)c3ccccc3)n2C)c1. The normalized spacial score (nSPS) is 11.6. The minimum Gasteiger partial charge on any atom is -0.497 e. The van der Waals surface area contributed by atoms with Crippen LogP contribution in [0.4, 0.5) is 5.69 Å². The maximum absolute atomic E-state index is 12.3. The maximum atomic E-state index is 12.3. The van der Waals surface area contributed by atoms with Crippen molar-refractivity contribution in [3.63, 3.8) is 0 Å². The molecule has 2 aromatic carbocycles. The van der Waals surface area contributed by atoms with Crippen molar-refractivity contribution >= 4 is 29.3 Å². The monoisotopic (exact) mass is 425 g/mol. The molecule has 1 atom stereocenters. The van der Waals surface area contributed by atoms with Crippen LogP contribution < -0.4 is 15.4 Å². The molecule has 3 aromatic rings. The lowest BCUT2D eigenvalue weighted by molar-refractivity contribution is -0.113. The second kappa shape index (κ2) is 9.93. The summed E-state index contributed by atoms with van der Waals surface area (Å²) in [5.41, 5.74) is 1.24. The molecule has 0 aliphatic rings. The molecule has 0 bridgehead atoms. The highest BCUT2D eigenvalue weighted by atomic mass is 32.2. The molecule has 9 heteroatoms. The van der Waals surface area contributed by atoms with E-state index in [9.17, 15) is 9.59 Å². The number of amides is 2. The van der Waals surface area contributed by atoms with E-state index in [0.29, 0.717) is 28.0 Å². The molecular weight excluding hydrogens is 402 g/mol. The van der Waals surface area contributed by atoms with Crippen LogP contribution in [0.5, 0.6) is 5.75 Å². The zero-order chi connectivity index (χ0) is 21.5. The average Bonchev–Trinajstić information content (AvgIpc) is 3.13. The fourth-order valence-corrected chi connectivity index (χ4v) is 3.51. The molecule has 0 saturated heterocycles. The van der Waals surface area contributed by atoms with Gasteiger partial charge in [-0.05, 0) is 31.2 Å². The number of thioether (sulfide) groups is 1. The summed E-state index contributed by atoms with van der Waals surface area (Å²) in [6.45, 7) is 1.84. The van der Waals surface area contributed by atoms with E-state index < -0.39 is 0 Å². The Kier molecular flexibility index (Phi) is 7.08. The summed E-state index contributed by atoms with van der Waals surface area (Å²) < 4.78 is 6.93. The van der Waals surface area contributed by atoms with Crippen LogP contribution in [0.25, 0.3) is 0 Å². The lowest BCUT2D eigenvalue weighted by Crippen LogP contribution is -2.28. The number of hydrogen-bond acceptors (Lipinski definition) is 6. The van der Waals surface area contributed by atoms with Gasteiger partial charge in [-0.1, -0.05) is 36.0 Å². The van der Waals surface area contributed by atoms with E-state index >= 15 is 0 Å². The summed E-state index contributed by atoms with van der Waals surface area (Å²) in [7, 11) is 3.38. The number of methoxy groups -OCH3 is 1. The largest absolute Gasteiger partial charge is 0.497 e. The van der Waals surface area contributed by atoms with Crippen LogP contribution in [-0.2, 0) is 11.8 Å². The molecule has 1 aromatic heterocycles. The Morgan fingerprint density at radius 3 is 2.63 bits per heavy atom. The Balaban J connectivity index is 1.56. The van der Waals surface area contributed by atoms with Crippen molar-refractivity contribution in [2.75, 3.05) is 18.2 Å². The van der Waals surface area contributed by atoms with Crippen molar-refractivity contribution in [3.05, 3.63) is 66.0 Å². The number of anilines is 1. The standard InChI is InChI=1S/C21H23N5O3S/c1-14(22-20(28)15-8-5-4-6-9-15)19-24-25-21(26(19)2)30-13-18(27)23-16-10-7-11-17(12-16)29-3/h4-12,14H,13H2,1-3H3,(H,22,28)(H,23,27)/t14-/m1/s1. The predicted octanol–water partition coefficient (Wildman–Crippen LogP) is 3.05. The van der Waals surface area contributed by atoms with Gasteiger partial charge in [0.25, 0.3) is 5.91 Å². The van der Waals surface area contributed by atoms with Crippen LogP contribution in [0.1, 0.15) is 29.1 Å². The fraction of sp³-hybridized carbons (Fsp3) is 0.238. The zero-order valence-electron chi connectivity index (χ0n) is 17.0. The predicted molar refractivity (Wildman–Crippen MR) is 116 cm³/mol. The van der Waals surface area contributed by atoms with E-state index in [1.54, 1.807) is 35.9 Å². The van der Waals surface area contributed by atoms with E-state index in [1.807, 2.05) is 44.3 Å². The van der Waals surface area contributed by atoms with Crippen LogP contribution >= 0.6 is 11.8 Å². The first-order valence-corrected chi connectivity index (χ1v) is 10.3. The van der Waals surface area contributed by atoms with E-state index in [4.69, 9.17) is 4.74 Å². The van der Waals surface area contributed by atoms with E-state index in [2.05, 4.69) is 20.8 Å². The Labute approximate surface area is 179 Å². The molecule has 0 spiro atoms. The van der Waals surface area contributed by atoms with Gasteiger partial charge in [-0.2, -0.15) is 0 Å². The number of hydrogen-bond donors (Lipinski definition) is 2. The van der Waals surface area contributed by atoms with Gasteiger partial charge in [0.05, 0.1) is 18.9 Å². The van der Waals surface area contributed by atoms with Crippen molar-refractivity contribution in [1.29, 1.82) is 0 Å². The third-order valence-corrected chi connectivity index (χ3v) is 5.35. The number of ether oxygens (including phenoxy) is 1. The first kappa shape index (κ1) is 21.4. The van der Waals surface area contributed by atoms with Crippen molar-refractivity contribution in [2.45, 2.75) is 18.1 Å². The van der Waals surface area contributed by atoms with Gasteiger partial charge in [0, 0.05) is 24.4 Å². The third-order valence-electron chi connectivity index (χ3n) is 4.33. The van der Waals surface area contributed by atoms with Crippen LogP contribution in [0.3, 0.4) is 0 Å². The molecule has 0 aliphatic carbocycles. The number of carbonyl (C=O) groups is 2. The first-order chi connectivity index (χ1) is 14.5. The number of nitrogens with one attached hydrogen (secondary N) is 2. The van der Waals surface area contributed by atoms with Gasteiger partial charge >= 0.3 is 0 Å². The van der Waals surface area contributed by atoms with Crippen molar-refractivity contribution in [3.8, 4) is 5.75 Å². The van der Waals surface area contributed by atoms with E-state index in [1.165, 1.54) is 11.8 Å². The molecule has 0 saturated carbocycles. The molecule has 2 amide bonds. The summed E-state index contributed by atoms with van der Waals surface area (Å²) in [6, 6.07) is 15.8. The molecule has 0 fully saturated rings. The van der Waals surface area contributed by atoms with Crippen LogP contribution in [0, 0.1) is 0 Å². The highest BCUT2D eigenvalue weighted by Gasteiger charge is 2.19. The number of carbonyl (C=O) groups excluding carboxylic acids is 2. The Morgan fingerprint density at radius 1 is 1.13 bits per heavy atom. The van der Waals surface area contributed by atoms with Crippen LogP contribution in [0.15, 0.2) is 59.8 Å². The fourth-order valence-electron chi connectivity index (χ4n) is 2.79. The number of benzene rings is 2. The minimum atomic E-state index is -0.338. The summed E-state index contributed by atoms with van der Waals surface area (Å²) in [5.74, 6) is 1.11. The van der Waals surface area contributed by atoms with Crippen molar-refractivity contribution in [1.82, 2.24) is 20.1 Å². The average molecular weight is 426 g/mol. The quantitative estimate of drug-likeness (QED) is 0.539. The van der Waals surface area contributed by atoms with Crippen LogP contribution in [-0.4, -0.2) is 39.4 Å². The molecule has 30 heavy (non-hydrogen) atoms. The number of rotatable bonds is 8. The Hall–Kier alpha value is -3.33. The molecule has 0 unspecified atom stereocenters. The van der Waals surface area contributed by atoms with E-state index in [0.717, 1.165) is 0 Å². The Morgan fingerprint density at radius 2 is 1.90 bits per heavy atom. The number of aromatic nitrogens is 3. The molecule has 3 rings (SSSR count). The second-order valence-corrected chi connectivity index (χ2v) is 7.47. The molecule has 2 N–H and O–H groups in total. The summed E-state index contributed by atoms with van der Waals surface area (Å²) in [5, 5.41) is 14.7. The zero-order valence-corrected chi connectivity index (χ0v) is 17.8. The van der Waals surface area contributed by atoms with Crippen molar-refractivity contribution < 1.29 is 14.3 Å². The minimum absolute atomic E-state index is 0.164. The number of nitrogens with zero attached hydrogens (tertiary/aromatic N) is 3. The van der Waals surface area contributed by atoms with Gasteiger partial charge in [0.15, 0.2) is 11.0 Å². The molecular formula is C21H23N5O3S. The second-order valence-electron chi connectivity index (χ2n) is 6.53. The summed E-state index contributed by atoms with van der Waals surface area (Å²) in [4.78, 5) is 24.6. The highest BCUT2D eigenvalue weighted by Crippen LogP contribution is 2.21. The first-order valence-electron chi connectivity index (χ1n) is 9.30. The maximum Gasteiger partial charge on any atom is 0.251 e. The Bertz CT molecular complexity index is 1020. The molecule has 0 aliphatic heterocycles. The topological polar surface area (TPSA) is 98.1 Å². The van der Waals surface area contributed by atoms with Crippen molar-refractivity contribution in [2.24, 2.45) is 7.05 Å². The highest BCUT2D eigenvalue weighted by molar-refractivity contribution is 7.99. The van der Waals surface area contributed by atoms with Gasteiger partial charge in [-0.15, -0.1) is 10.2 Å². The lowest BCUT2D eigenvalue weighted by Gasteiger charge is -2.13. The third kappa shape index (κ3) is 5.38. The summed E-state index contributed by atoms with van der Waals surface area (Å²) in [6.07, 6.45) is 0.